The molecule has 2 unspecified atom stereocenters. The first-order valence-corrected chi connectivity index (χ1v) is 5.33. The van der Waals surface area contributed by atoms with Crippen molar-refractivity contribution in [3.8, 4) is 0 Å². The zero-order chi connectivity index (χ0) is 10.5. The Morgan fingerprint density at radius 2 is 1.93 bits per heavy atom. The average molecular weight is 209 g/mol. The summed E-state index contributed by atoms with van der Waals surface area (Å²) in [5.41, 5.74) is -0.126. The molecule has 2 atom stereocenters. The third kappa shape index (κ3) is 0.991. The van der Waals surface area contributed by atoms with Gasteiger partial charge in [0.15, 0.2) is 0 Å². The molecule has 0 bridgehead atoms. The van der Waals surface area contributed by atoms with Crippen LogP contribution < -0.4 is 5.32 Å². The molecule has 1 N–H and O–H groups in total. The molecule has 3 rings (SSSR count). The van der Waals surface area contributed by atoms with E-state index in [0.29, 0.717) is 13.0 Å². The maximum absolute atomic E-state index is 13.8. The summed E-state index contributed by atoms with van der Waals surface area (Å²) >= 11 is 0. The lowest BCUT2D eigenvalue weighted by molar-refractivity contribution is 0.0787. The molecule has 1 aromatic carbocycles. The lowest BCUT2D eigenvalue weighted by Crippen LogP contribution is -2.35. The molecule has 15 heavy (non-hydrogen) atoms. The van der Waals surface area contributed by atoms with Crippen LogP contribution in [0.3, 0.4) is 0 Å². The predicted octanol–water partition coefficient (Wildman–Crippen LogP) is 2.18. The minimum absolute atomic E-state index is 0.411. The van der Waals surface area contributed by atoms with E-state index in [0.717, 1.165) is 12.1 Å². The number of piperidine rings is 1. The molecule has 1 aromatic rings. The number of hydrogen-bond acceptors (Lipinski definition) is 1. The highest BCUT2D eigenvalue weighted by atomic mass is 19.3. The Morgan fingerprint density at radius 3 is 2.60 bits per heavy atom. The van der Waals surface area contributed by atoms with Crippen molar-refractivity contribution in [3.63, 3.8) is 0 Å². The molecular weight excluding hydrogens is 196 g/mol. The van der Waals surface area contributed by atoms with Crippen molar-refractivity contribution >= 4 is 0 Å². The highest BCUT2D eigenvalue weighted by Crippen LogP contribution is 2.68. The number of fused-ring (bicyclic) bond motifs is 1. The summed E-state index contributed by atoms with van der Waals surface area (Å²) in [4.78, 5) is 0. The van der Waals surface area contributed by atoms with Crippen LogP contribution in [0.5, 0.6) is 0 Å². The smallest absolute Gasteiger partial charge is 0.263 e. The monoisotopic (exact) mass is 209 g/mol. The normalized spacial score (nSPS) is 37.1. The van der Waals surface area contributed by atoms with Gasteiger partial charge in [-0.3, -0.25) is 0 Å². The fraction of sp³-hybridized carbons (Fsp3) is 0.500. The zero-order valence-electron chi connectivity index (χ0n) is 8.34. The second kappa shape index (κ2) is 2.79. The Labute approximate surface area is 87.5 Å². The molecule has 1 aliphatic carbocycles. The first-order chi connectivity index (χ1) is 7.19. The highest BCUT2D eigenvalue weighted by Gasteiger charge is 2.80. The summed E-state index contributed by atoms with van der Waals surface area (Å²) < 4.78 is 27.6. The van der Waals surface area contributed by atoms with Crippen LogP contribution in [-0.4, -0.2) is 19.0 Å². The van der Waals surface area contributed by atoms with Gasteiger partial charge >= 0.3 is 0 Å². The second-order valence-electron chi connectivity index (χ2n) is 4.48. The number of rotatable bonds is 1. The molecule has 80 valence electrons. The van der Waals surface area contributed by atoms with Crippen LogP contribution in [0.1, 0.15) is 12.0 Å². The maximum Gasteiger partial charge on any atom is 0.263 e. The summed E-state index contributed by atoms with van der Waals surface area (Å²) in [5.74, 6) is -2.97. The van der Waals surface area contributed by atoms with Gasteiger partial charge < -0.3 is 5.32 Å². The SMILES string of the molecule is FC1(F)C2CCNCC21c1ccccc1. The summed E-state index contributed by atoms with van der Waals surface area (Å²) in [6.07, 6.45) is 0.585. The quantitative estimate of drug-likeness (QED) is 0.747. The molecule has 1 aliphatic heterocycles. The number of halogens is 2. The Kier molecular flexibility index (Phi) is 1.72. The van der Waals surface area contributed by atoms with Gasteiger partial charge in [-0.25, -0.2) is 8.78 Å². The third-order valence-electron chi connectivity index (χ3n) is 3.85. The van der Waals surface area contributed by atoms with Gasteiger partial charge in [-0.05, 0) is 18.5 Å². The Morgan fingerprint density at radius 1 is 1.20 bits per heavy atom. The van der Waals surface area contributed by atoms with Gasteiger partial charge in [0.2, 0.25) is 0 Å². The first kappa shape index (κ1) is 9.28. The fourth-order valence-corrected chi connectivity index (χ4v) is 2.96. The number of benzene rings is 1. The molecule has 0 amide bonds. The van der Waals surface area contributed by atoms with Crippen LogP contribution in [0.25, 0.3) is 0 Å². The lowest BCUT2D eigenvalue weighted by Gasteiger charge is -2.21. The number of nitrogens with one attached hydrogen (secondary N) is 1. The standard InChI is InChI=1S/C12H13F2N/c13-12(14)10-6-7-15-8-11(10,12)9-4-2-1-3-5-9/h1-5,10,15H,6-8H2. The van der Waals surface area contributed by atoms with E-state index in [-0.39, 0.29) is 0 Å². The van der Waals surface area contributed by atoms with Crippen LogP contribution in [-0.2, 0) is 5.41 Å². The van der Waals surface area contributed by atoms with Gasteiger partial charge in [0.25, 0.3) is 5.92 Å². The summed E-state index contributed by atoms with van der Waals surface area (Å²) in [7, 11) is 0. The van der Waals surface area contributed by atoms with E-state index in [1.165, 1.54) is 0 Å². The second-order valence-corrected chi connectivity index (χ2v) is 4.48. The third-order valence-corrected chi connectivity index (χ3v) is 3.85. The predicted molar refractivity (Wildman–Crippen MR) is 54.0 cm³/mol. The van der Waals surface area contributed by atoms with Crippen molar-refractivity contribution in [1.82, 2.24) is 5.32 Å². The van der Waals surface area contributed by atoms with Crippen molar-refractivity contribution < 1.29 is 8.78 Å². The topological polar surface area (TPSA) is 12.0 Å². The van der Waals surface area contributed by atoms with Crippen LogP contribution in [0.4, 0.5) is 8.78 Å². The van der Waals surface area contributed by atoms with E-state index in [2.05, 4.69) is 5.32 Å². The molecular formula is C12H13F2N. The number of alkyl halides is 2. The molecule has 1 heterocycles. The van der Waals surface area contributed by atoms with Gasteiger partial charge in [-0.2, -0.15) is 0 Å². The van der Waals surface area contributed by atoms with Crippen molar-refractivity contribution in [2.24, 2.45) is 5.92 Å². The molecule has 0 spiro atoms. The van der Waals surface area contributed by atoms with E-state index in [1.54, 1.807) is 0 Å². The summed E-state index contributed by atoms with van der Waals surface area (Å²) in [6.45, 7) is 1.13. The van der Waals surface area contributed by atoms with E-state index in [1.807, 2.05) is 30.3 Å². The van der Waals surface area contributed by atoms with Crippen LogP contribution in [0, 0.1) is 5.92 Å². The molecule has 2 aliphatic rings. The van der Waals surface area contributed by atoms with Crippen LogP contribution in [0.15, 0.2) is 30.3 Å². The van der Waals surface area contributed by atoms with Gasteiger partial charge in [0.05, 0.1) is 5.41 Å². The Hall–Kier alpha value is -0.960. The average Bonchev–Trinajstić information content (AvgIpc) is 2.80. The van der Waals surface area contributed by atoms with E-state index in [4.69, 9.17) is 0 Å². The minimum Gasteiger partial charge on any atom is -0.316 e. The highest BCUT2D eigenvalue weighted by molar-refractivity contribution is 5.42. The Balaban J connectivity index is 2.04. The summed E-state index contributed by atoms with van der Waals surface area (Å²) in [5, 5.41) is 3.09. The van der Waals surface area contributed by atoms with E-state index >= 15 is 0 Å². The Bertz CT molecular complexity index is 376. The van der Waals surface area contributed by atoms with Crippen molar-refractivity contribution in [3.05, 3.63) is 35.9 Å². The molecule has 2 fully saturated rings. The maximum atomic E-state index is 13.8. The molecule has 3 heteroatoms. The van der Waals surface area contributed by atoms with Gasteiger partial charge in [0, 0.05) is 12.5 Å². The van der Waals surface area contributed by atoms with Gasteiger partial charge in [-0.15, -0.1) is 0 Å². The lowest BCUT2D eigenvalue weighted by atomic mass is 9.90. The molecule has 1 saturated carbocycles. The van der Waals surface area contributed by atoms with Gasteiger partial charge in [0.1, 0.15) is 0 Å². The molecule has 1 saturated heterocycles. The van der Waals surface area contributed by atoms with Crippen LogP contribution in [0.2, 0.25) is 0 Å². The minimum atomic E-state index is -2.52. The van der Waals surface area contributed by atoms with E-state index in [9.17, 15) is 8.78 Å². The van der Waals surface area contributed by atoms with Crippen molar-refractivity contribution in [2.75, 3.05) is 13.1 Å². The fourth-order valence-electron chi connectivity index (χ4n) is 2.96. The van der Waals surface area contributed by atoms with Gasteiger partial charge in [-0.1, -0.05) is 30.3 Å². The first-order valence-electron chi connectivity index (χ1n) is 5.33. The molecule has 0 aromatic heterocycles. The van der Waals surface area contributed by atoms with Crippen LogP contribution >= 0.6 is 0 Å². The number of hydrogen-bond donors (Lipinski definition) is 1. The molecule has 0 radical (unpaired) electrons. The summed E-state index contributed by atoms with van der Waals surface area (Å²) in [6, 6.07) is 9.18. The van der Waals surface area contributed by atoms with Crippen molar-refractivity contribution in [2.45, 2.75) is 17.8 Å². The zero-order valence-corrected chi connectivity index (χ0v) is 8.34. The largest absolute Gasteiger partial charge is 0.316 e. The van der Waals surface area contributed by atoms with E-state index < -0.39 is 17.3 Å². The molecule has 1 nitrogen and oxygen atoms in total. The van der Waals surface area contributed by atoms with Crippen molar-refractivity contribution in [1.29, 1.82) is 0 Å².